The van der Waals surface area contributed by atoms with Gasteiger partial charge in [0.25, 0.3) is 5.91 Å². The van der Waals surface area contributed by atoms with Gasteiger partial charge in [0.1, 0.15) is 6.07 Å². The molecule has 0 unspecified atom stereocenters. The van der Waals surface area contributed by atoms with Gasteiger partial charge in [0.2, 0.25) is 5.95 Å². The fourth-order valence-corrected chi connectivity index (χ4v) is 1.82. The van der Waals surface area contributed by atoms with Crippen LogP contribution in [-0.2, 0) is 0 Å². The van der Waals surface area contributed by atoms with Crippen LogP contribution < -0.4 is 10.6 Å². The highest BCUT2D eigenvalue weighted by molar-refractivity contribution is 5.93. The molecule has 0 atom stereocenters. The second-order valence-electron chi connectivity index (χ2n) is 5.14. The Balaban J connectivity index is 1.99. The molecule has 118 valence electrons. The number of nitrogens with one attached hydrogen (secondary N) is 2. The molecule has 2 rings (SSSR count). The monoisotopic (exact) mass is 310 g/mol. The van der Waals surface area contributed by atoms with Crippen molar-refractivity contribution in [2.24, 2.45) is 0 Å². The van der Waals surface area contributed by atoms with E-state index in [4.69, 9.17) is 5.26 Å². The summed E-state index contributed by atoms with van der Waals surface area (Å²) in [6.45, 7) is 1.32. The van der Waals surface area contributed by atoms with Gasteiger partial charge in [-0.1, -0.05) is 12.1 Å². The number of likely N-dealkylation sites (N-methyl/N-ethyl adjacent to an activating group) is 1. The van der Waals surface area contributed by atoms with Gasteiger partial charge < -0.3 is 15.5 Å². The zero-order chi connectivity index (χ0) is 16.7. The standard InChI is InChI=1S/C16H18N6O/c1-22(2)8-7-18-15(23)13-10-19-16(20-11-13)21-14-6-4-3-5-12(14)9-17/h3-6,10-11H,7-8H2,1-2H3,(H,18,23)(H,19,20,21). The van der Waals surface area contributed by atoms with Crippen LogP contribution in [0.5, 0.6) is 0 Å². The minimum Gasteiger partial charge on any atom is -0.351 e. The lowest BCUT2D eigenvalue weighted by Gasteiger charge is -2.10. The molecule has 0 saturated carbocycles. The largest absolute Gasteiger partial charge is 0.351 e. The zero-order valence-corrected chi connectivity index (χ0v) is 13.1. The number of amides is 1. The lowest BCUT2D eigenvalue weighted by molar-refractivity contribution is 0.0950. The molecule has 1 aromatic heterocycles. The molecular weight excluding hydrogens is 292 g/mol. The maximum Gasteiger partial charge on any atom is 0.254 e. The van der Waals surface area contributed by atoms with Gasteiger partial charge in [0.15, 0.2) is 0 Å². The van der Waals surface area contributed by atoms with Crippen LogP contribution in [0.4, 0.5) is 11.6 Å². The Morgan fingerprint density at radius 1 is 1.26 bits per heavy atom. The highest BCUT2D eigenvalue weighted by Crippen LogP contribution is 2.17. The maximum absolute atomic E-state index is 11.9. The quantitative estimate of drug-likeness (QED) is 0.837. The van der Waals surface area contributed by atoms with Gasteiger partial charge in [-0.15, -0.1) is 0 Å². The van der Waals surface area contributed by atoms with E-state index in [9.17, 15) is 4.79 Å². The van der Waals surface area contributed by atoms with Crippen LogP contribution in [0.2, 0.25) is 0 Å². The second kappa shape index (κ2) is 7.87. The first kappa shape index (κ1) is 16.4. The summed E-state index contributed by atoms with van der Waals surface area (Å²) in [4.78, 5) is 22.1. The fourth-order valence-electron chi connectivity index (χ4n) is 1.82. The molecule has 0 bridgehead atoms. The number of benzene rings is 1. The van der Waals surface area contributed by atoms with Crippen LogP contribution >= 0.6 is 0 Å². The highest BCUT2D eigenvalue weighted by atomic mass is 16.1. The minimum atomic E-state index is -0.212. The molecule has 1 aromatic carbocycles. The number of nitrogens with zero attached hydrogens (tertiary/aromatic N) is 4. The van der Waals surface area contributed by atoms with Gasteiger partial charge >= 0.3 is 0 Å². The Kier molecular flexibility index (Phi) is 5.61. The first-order chi connectivity index (χ1) is 11.1. The summed E-state index contributed by atoms with van der Waals surface area (Å²) in [6.07, 6.45) is 2.91. The van der Waals surface area contributed by atoms with E-state index in [1.807, 2.05) is 25.1 Å². The van der Waals surface area contributed by atoms with Crippen LogP contribution in [-0.4, -0.2) is 48.0 Å². The van der Waals surface area contributed by atoms with E-state index < -0.39 is 0 Å². The number of aromatic nitrogens is 2. The van der Waals surface area contributed by atoms with Crippen LogP contribution in [0.3, 0.4) is 0 Å². The molecule has 0 aliphatic rings. The molecule has 1 amide bonds. The Morgan fingerprint density at radius 3 is 2.61 bits per heavy atom. The number of nitriles is 1. The van der Waals surface area contributed by atoms with E-state index in [2.05, 4.69) is 26.7 Å². The highest BCUT2D eigenvalue weighted by Gasteiger charge is 2.08. The number of carbonyl (C=O) groups is 1. The molecule has 7 heteroatoms. The van der Waals surface area contributed by atoms with Gasteiger partial charge in [-0.2, -0.15) is 5.26 Å². The Bertz CT molecular complexity index is 705. The van der Waals surface area contributed by atoms with Crippen LogP contribution in [0.25, 0.3) is 0 Å². The number of carbonyl (C=O) groups excluding carboxylic acids is 1. The van der Waals surface area contributed by atoms with Crippen molar-refractivity contribution in [3.63, 3.8) is 0 Å². The molecule has 0 aliphatic carbocycles. The van der Waals surface area contributed by atoms with Crippen molar-refractivity contribution >= 4 is 17.5 Å². The van der Waals surface area contributed by atoms with Crippen molar-refractivity contribution in [3.8, 4) is 6.07 Å². The van der Waals surface area contributed by atoms with Gasteiger partial charge in [-0.3, -0.25) is 4.79 Å². The molecule has 2 aromatic rings. The lowest BCUT2D eigenvalue weighted by atomic mass is 10.2. The molecular formula is C16H18N6O. The van der Waals surface area contributed by atoms with E-state index in [1.54, 1.807) is 18.2 Å². The summed E-state index contributed by atoms with van der Waals surface area (Å²) < 4.78 is 0. The normalized spacial score (nSPS) is 10.2. The minimum absolute atomic E-state index is 0.212. The molecule has 23 heavy (non-hydrogen) atoms. The molecule has 0 radical (unpaired) electrons. The lowest BCUT2D eigenvalue weighted by Crippen LogP contribution is -2.31. The first-order valence-corrected chi connectivity index (χ1v) is 7.11. The average molecular weight is 310 g/mol. The van der Waals surface area contributed by atoms with Crippen LogP contribution in [0.1, 0.15) is 15.9 Å². The Morgan fingerprint density at radius 2 is 1.96 bits per heavy atom. The summed E-state index contributed by atoms with van der Waals surface area (Å²) >= 11 is 0. The SMILES string of the molecule is CN(C)CCNC(=O)c1cnc(Nc2ccccc2C#N)nc1. The van der Waals surface area contributed by atoms with Gasteiger partial charge in [0, 0.05) is 25.5 Å². The Hall–Kier alpha value is -2.98. The molecule has 7 nitrogen and oxygen atoms in total. The van der Waals surface area contributed by atoms with Crippen molar-refractivity contribution in [2.45, 2.75) is 0 Å². The van der Waals surface area contributed by atoms with Crippen LogP contribution in [0.15, 0.2) is 36.7 Å². The maximum atomic E-state index is 11.9. The van der Waals surface area contributed by atoms with Gasteiger partial charge in [-0.25, -0.2) is 9.97 Å². The molecule has 1 heterocycles. The third kappa shape index (κ3) is 4.76. The van der Waals surface area contributed by atoms with Crippen LogP contribution in [0, 0.1) is 11.3 Å². The smallest absolute Gasteiger partial charge is 0.254 e. The number of para-hydroxylation sites is 1. The topological polar surface area (TPSA) is 93.9 Å². The van der Waals surface area contributed by atoms with E-state index in [-0.39, 0.29) is 5.91 Å². The summed E-state index contributed by atoms with van der Waals surface area (Å²) in [5.41, 5.74) is 1.52. The predicted molar refractivity (Wildman–Crippen MR) is 87.4 cm³/mol. The second-order valence-corrected chi connectivity index (χ2v) is 5.14. The van der Waals surface area contributed by atoms with Crippen molar-refractivity contribution in [3.05, 3.63) is 47.8 Å². The first-order valence-electron chi connectivity index (χ1n) is 7.11. The van der Waals surface area contributed by atoms with Gasteiger partial charge in [0.05, 0.1) is 16.8 Å². The molecule has 0 aliphatic heterocycles. The molecule has 0 fully saturated rings. The number of anilines is 2. The molecule has 0 saturated heterocycles. The summed E-state index contributed by atoms with van der Waals surface area (Å²) in [7, 11) is 3.88. The van der Waals surface area contributed by atoms with E-state index in [1.165, 1.54) is 12.4 Å². The third-order valence-corrected chi connectivity index (χ3v) is 3.05. The number of hydrogen-bond donors (Lipinski definition) is 2. The predicted octanol–water partition coefficient (Wildman–Crippen LogP) is 1.38. The zero-order valence-electron chi connectivity index (χ0n) is 13.1. The average Bonchev–Trinajstić information content (AvgIpc) is 2.55. The molecule has 0 spiro atoms. The Labute approximate surface area is 135 Å². The summed E-state index contributed by atoms with van der Waals surface area (Å²) in [5.74, 6) is 0.119. The third-order valence-electron chi connectivity index (χ3n) is 3.05. The summed E-state index contributed by atoms with van der Waals surface area (Å²) in [5, 5.41) is 14.8. The van der Waals surface area contributed by atoms with Crippen molar-refractivity contribution < 1.29 is 4.79 Å². The fraction of sp³-hybridized carbons (Fsp3) is 0.250. The summed E-state index contributed by atoms with van der Waals surface area (Å²) in [6, 6.07) is 9.16. The number of rotatable bonds is 6. The van der Waals surface area contributed by atoms with E-state index in [0.29, 0.717) is 29.3 Å². The van der Waals surface area contributed by atoms with Crippen molar-refractivity contribution in [2.75, 3.05) is 32.5 Å². The van der Waals surface area contributed by atoms with E-state index in [0.717, 1.165) is 6.54 Å². The number of hydrogen-bond acceptors (Lipinski definition) is 6. The van der Waals surface area contributed by atoms with E-state index >= 15 is 0 Å². The van der Waals surface area contributed by atoms with Crippen molar-refractivity contribution in [1.82, 2.24) is 20.2 Å². The molecule has 2 N–H and O–H groups in total. The van der Waals surface area contributed by atoms with Gasteiger partial charge in [-0.05, 0) is 26.2 Å². The van der Waals surface area contributed by atoms with Crippen molar-refractivity contribution in [1.29, 1.82) is 5.26 Å².